The number of hydrogen-bond acceptors (Lipinski definition) is 2. The number of rotatable bonds is 4. The predicted octanol–water partition coefficient (Wildman–Crippen LogP) is 4.25. The third-order valence-electron chi connectivity index (χ3n) is 3.95. The molecule has 0 saturated heterocycles. The number of halogens is 4. The van der Waals surface area contributed by atoms with Gasteiger partial charge in [0.05, 0.1) is 5.92 Å². The molecule has 0 N–H and O–H groups in total. The Morgan fingerprint density at radius 1 is 1.14 bits per heavy atom. The molecule has 2 nitrogen and oxygen atoms in total. The molecule has 0 atom stereocenters. The molecule has 2 rings (SSSR count). The van der Waals surface area contributed by atoms with Crippen LogP contribution < -0.4 is 4.74 Å². The van der Waals surface area contributed by atoms with Crippen LogP contribution in [0.3, 0.4) is 0 Å². The lowest BCUT2D eigenvalue weighted by Crippen LogP contribution is -2.37. The molecule has 1 fully saturated rings. The van der Waals surface area contributed by atoms with Crippen LogP contribution in [0.1, 0.15) is 31.2 Å². The first-order valence-electron chi connectivity index (χ1n) is 6.81. The number of carbonyl (C=O) groups is 1. The van der Waals surface area contributed by atoms with Crippen LogP contribution in [0, 0.1) is 30.4 Å². The SMILES string of the molecule is Cc1c(F)cc(OC(F)(F)C2CCC(C=O)CC2)cc1F. The number of carbonyl (C=O) groups excluding carboxylic acids is 1. The summed E-state index contributed by atoms with van der Waals surface area (Å²) in [5, 5.41) is 0. The van der Waals surface area contributed by atoms with Crippen LogP contribution in [0.5, 0.6) is 5.75 Å². The van der Waals surface area contributed by atoms with Crippen molar-refractivity contribution in [3.8, 4) is 5.75 Å². The first kappa shape index (κ1) is 15.8. The summed E-state index contributed by atoms with van der Waals surface area (Å²) in [6.45, 7) is 1.22. The maximum absolute atomic E-state index is 14.0. The second kappa shape index (κ2) is 6.03. The van der Waals surface area contributed by atoms with Crippen LogP contribution in [0.25, 0.3) is 0 Å². The fourth-order valence-electron chi connectivity index (χ4n) is 2.51. The van der Waals surface area contributed by atoms with Gasteiger partial charge < -0.3 is 9.53 Å². The molecule has 1 aromatic carbocycles. The van der Waals surface area contributed by atoms with Crippen molar-refractivity contribution in [2.75, 3.05) is 0 Å². The van der Waals surface area contributed by atoms with Gasteiger partial charge in [-0.15, -0.1) is 0 Å². The Kier molecular flexibility index (Phi) is 4.54. The van der Waals surface area contributed by atoms with Crippen LogP contribution in [0.4, 0.5) is 17.6 Å². The molecule has 1 aliphatic rings. The van der Waals surface area contributed by atoms with E-state index in [0.717, 1.165) is 18.4 Å². The van der Waals surface area contributed by atoms with Crippen molar-refractivity contribution in [1.29, 1.82) is 0 Å². The van der Waals surface area contributed by atoms with Crippen molar-refractivity contribution in [3.05, 3.63) is 29.3 Å². The van der Waals surface area contributed by atoms with E-state index in [9.17, 15) is 22.4 Å². The van der Waals surface area contributed by atoms with Gasteiger partial charge in [0, 0.05) is 23.6 Å². The Bertz CT molecular complexity index is 499. The molecule has 0 unspecified atom stereocenters. The summed E-state index contributed by atoms with van der Waals surface area (Å²) in [4.78, 5) is 10.6. The van der Waals surface area contributed by atoms with E-state index in [1.807, 2.05) is 0 Å². The number of alkyl halides is 2. The monoisotopic (exact) mass is 304 g/mol. The van der Waals surface area contributed by atoms with Crippen LogP contribution in [0.2, 0.25) is 0 Å². The molecule has 0 aromatic heterocycles. The highest BCUT2D eigenvalue weighted by molar-refractivity contribution is 5.53. The molecular formula is C15H16F4O2. The normalized spacial score (nSPS) is 22.9. The number of aldehydes is 1. The van der Waals surface area contributed by atoms with Gasteiger partial charge in [-0.1, -0.05) is 0 Å². The van der Waals surface area contributed by atoms with Crippen molar-refractivity contribution < 1.29 is 27.1 Å². The zero-order valence-electron chi connectivity index (χ0n) is 11.5. The lowest BCUT2D eigenvalue weighted by Gasteiger charge is -2.31. The van der Waals surface area contributed by atoms with E-state index in [0.29, 0.717) is 12.8 Å². The number of hydrogen-bond donors (Lipinski definition) is 0. The largest absolute Gasteiger partial charge is 0.432 e. The van der Waals surface area contributed by atoms with E-state index in [1.54, 1.807) is 0 Å². The fourth-order valence-corrected chi connectivity index (χ4v) is 2.51. The summed E-state index contributed by atoms with van der Waals surface area (Å²) in [5.41, 5.74) is -0.239. The van der Waals surface area contributed by atoms with E-state index in [-0.39, 0.29) is 24.3 Å². The fraction of sp³-hybridized carbons (Fsp3) is 0.533. The van der Waals surface area contributed by atoms with Gasteiger partial charge in [-0.05, 0) is 32.6 Å². The molecule has 21 heavy (non-hydrogen) atoms. The minimum absolute atomic E-state index is 0.146. The minimum atomic E-state index is -3.51. The van der Waals surface area contributed by atoms with Crippen LogP contribution in [-0.4, -0.2) is 12.4 Å². The van der Waals surface area contributed by atoms with Crippen molar-refractivity contribution in [2.45, 2.75) is 38.7 Å². The topological polar surface area (TPSA) is 26.3 Å². The quantitative estimate of drug-likeness (QED) is 0.614. The van der Waals surface area contributed by atoms with Gasteiger partial charge in [0.2, 0.25) is 0 Å². The first-order chi connectivity index (χ1) is 9.83. The van der Waals surface area contributed by atoms with Crippen LogP contribution in [-0.2, 0) is 4.79 Å². The van der Waals surface area contributed by atoms with Gasteiger partial charge in [-0.3, -0.25) is 0 Å². The number of benzene rings is 1. The highest BCUT2D eigenvalue weighted by atomic mass is 19.3. The Labute approximate surface area is 120 Å². The van der Waals surface area contributed by atoms with Gasteiger partial charge in [-0.25, -0.2) is 8.78 Å². The maximum Gasteiger partial charge on any atom is 0.400 e. The molecule has 0 amide bonds. The second-order valence-corrected chi connectivity index (χ2v) is 5.42. The van der Waals surface area contributed by atoms with E-state index >= 15 is 0 Å². The minimum Gasteiger partial charge on any atom is -0.432 e. The third kappa shape index (κ3) is 3.54. The average Bonchev–Trinajstić information content (AvgIpc) is 2.44. The van der Waals surface area contributed by atoms with Gasteiger partial charge in [0.25, 0.3) is 0 Å². The standard InChI is InChI=1S/C15H16F4O2/c1-9-13(16)6-12(7-14(9)17)21-15(18,19)11-4-2-10(8-20)3-5-11/h6-8,10-11H,2-5H2,1H3. The zero-order chi connectivity index (χ0) is 15.6. The highest BCUT2D eigenvalue weighted by Gasteiger charge is 2.44. The van der Waals surface area contributed by atoms with Gasteiger partial charge in [0.15, 0.2) is 0 Å². The molecule has 1 saturated carbocycles. The predicted molar refractivity (Wildman–Crippen MR) is 68.2 cm³/mol. The average molecular weight is 304 g/mol. The Morgan fingerprint density at radius 3 is 2.14 bits per heavy atom. The molecule has 6 heteroatoms. The lowest BCUT2D eigenvalue weighted by molar-refractivity contribution is -0.223. The summed E-state index contributed by atoms with van der Waals surface area (Å²) in [6, 6.07) is 1.51. The van der Waals surface area contributed by atoms with Crippen molar-refractivity contribution in [1.82, 2.24) is 0 Å². The Hall–Kier alpha value is -1.59. The summed E-state index contributed by atoms with van der Waals surface area (Å²) in [5.74, 6) is -3.62. The molecule has 1 aromatic rings. The van der Waals surface area contributed by atoms with E-state index in [4.69, 9.17) is 0 Å². The third-order valence-corrected chi connectivity index (χ3v) is 3.95. The van der Waals surface area contributed by atoms with Crippen LogP contribution >= 0.6 is 0 Å². The lowest BCUT2D eigenvalue weighted by atomic mass is 9.82. The summed E-state index contributed by atoms with van der Waals surface area (Å²) in [7, 11) is 0. The summed E-state index contributed by atoms with van der Waals surface area (Å²) in [6.07, 6.45) is -1.68. The molecule has 0 spiro atoms. The highest BCUT2D eigenvalue weighted by Crippen LogP contribution is 2.39. The van der Waals surface area contributed by atoms with Crippen molar-refractivity contribution in [2.24, 2.45) is 11.8 Å². The van der Waals surface area contributed by atoms with E-state index in [1.165, 1.54) is 6.92 Å². The molecule has 116 valence electrons. The van der Waals surface area contributed by atoms with Crippen molar-refractivity contribution in [3.63, 3.8) is 0 Å². The van der Waals surface area contributed by atoms with E-state index < -0.39 is 29.4 Å². The van der Waals surface area contributed by atoms with E-state index in [2.05, 4.69) is 4.74 Å². The van der Waals surface area contributed by atoms with Gasteiger partial charge >= 0.3 is 6.11 Å². The molecule has 1 aliphatic carbocycles. The second-order valence-electron chi connectivity index (χ2n) is 5.42. The van der Waals surface area contributed by atoms with Gasteiger partial charge in [-0.2, -0.15) is 8.78 Å². The molecule has 0 heterocycles. The Balaban J connectivity index is 2.09. The smallest absolute Gasteiger partial charge is 0.400 e. The molecule has 0 aliphatic heterocycles. The molecular weight excluding hydrogens is 288 g/mol. The van der Waals surface area contributed by atoms with Crippen LogP contribution in [0.15, 0.2) is 12.1 Å². The first-order valence-corrected chi connectivity index (χ1v) is 6.81. The summed E-state index contributed by atoms with van der Waals surface area (Å²) >= 11 is 0. The van der Waals surface area contributed by atoms with Crippen molar-refractivity contribution >= 4 is 6.29 Å². The molecule has 0 radical (unpaired) electrons. The number of ether oxygens (including phenoxy) is 1. The molecule has 0 bridgehead atoms. The summed E-state index contributed by atoms with van der Waals surface area (Å²) < 4.78 is 59.3. The Morgan fingerprint density at radius 2 is 1.67 bits per heavy atom. The van der Waals surface area contributed by atoms with Gasteiger partial charge in [0.1, 0.15) is 23.7 Å². The zero-order valence-corrected chi connectivity index (χ0v) is 11.5. The maximum atomic E-state index is 14.0.